The molecule has 1 aliphatic carbocycles. The van der Waals surface area contributed by atoms with Crippen LogP contribution < -0.4 is 10.0 Å². The number of rotatable bonds is 6. The van der Waals surface area contributed by atoms with Gasteiger partial charge < -0.3 is 10.4 Å². The zero-order valence-corrected chi connectivity index (χ0v) is 22.3. The van der Waals surface area contributed by atoms with Gasteiger partial charge in [-0.2, -0.15) is 0 Å². The summed E-state index contributed by atoms with van der Waals surface area (Å²) in [6.07, 6.45) is 2.84. The molecule has 3 aromatic carbocycles. The molecule has 190 valence electrons. The van der Waals surface area contributed by atoms with Gasteiger partial charge in [0.05, 0.1) is 17.0 Å². The average molecular weight is 505 g/mol. The highest BCUT2D eigenvalue weighted by Gasteiger charge is 2.40. The monoisotopic (exact) mass is 504 g/mol. The Morgan fingerprint density at radius 2 is 1.69 bits per heavy atom. The molecule has 5 rings (SSSR count). The SMILES string of the molecule is Cc1ccc(NS(=O)(=O)c2ccc3c(c2)C2CCC[C@H]2[C@H](c2ccc(C(O)C(C)C)cc2)N3)cc1C. The van der Waals surface area contributed by atoms with E-state index >= 15 is 0 Å². The Morgan fingerprint density at radius 3 is 2.39 bits per heavy atom. The van der Waals surface area contributed by atoms with Crippen molar-refractivity contribution in [2.24, 2.45) is 11.8 Å². The van der Waals surface area contributed by atoms with Crippen LogP contribution in [0.1, 0.15) is 79.0 Å². The topological polar surface area (TPSA) is 78.4 Å². The lowest BCUT2D eigenvalue weighted by atomic mass is 9.77. The maximum absolute atomic E-state index is 13.2. The second kappa shape index (κ2) is 9.56. The molecule has 6 heteroatoms. The summed E-state index contributed by atoms with van der Waals surface area (Å²) in [5, 5.41) is 14.1. The first-order valence-electron chi connectivity index (χ1n) is 12.9. The van der Waals surface area contributed by atoms with Crippen LogP contribution in [-0.2, 0) is 10.0 Å². The molecule has 2 unspecified atom stereocenters. The minimum atomic E-state index is -3.69. The van der Waals surface area contributed by atoms with E-state index in [1.54, 1.807) is 6.07 Å². The van der Waals surface area contributed by atoms with Gasteiger partial charge in [0.2, 0.25) is 0 Å². The van der Waals surface area contributed by atoms with E-state index in [-0.39, 0.29) is 12.0 Å². The molecule has 0 bridgehead atoms. The Morgan fingerprint density at radius 1 is 0.944 bits per heavy atom. The third-order valence-corrected chi connectivity index (χ3v) is 9.45. The normalized spacial score (nSPS) is 22.0. The first kappa shape index (κ1) is 24.8. The Hall–Kier alpha value is -2.83. The minimum Gasteiger partial charge on any atom is -0.388 e. The summed E-state index contributed by atoms with van der Waals surface area (Å²) >= 11 is 0. The summed E-state index contributed by atoms with van der Waals surface area (Å²) in [5.74, 6) is 0.901. The number of benzene rings is 3. The molecule has 5 nitrogen and oxygen atoms in total. The number of aryl methyl sites for hydroxylation is 2. The number of fused-ring (bicyclic) bond motifs is 3. The van der Waals surface area contributed by atoms with Gasteiger partial charge in [-0.1, -0.05) is 50.6 Å². The van der Waals surface area contributed by atoms with Gasteiger partial charge in [-0.05, 0) is 103 Å². The van der Waals surface area contributed by atoms with Crippen LogP contribution in [-0.4, -0.2) is 13.5 Å². The van der Waals surface area contributed by atoms with Crippen LogP contribution in [0.5, 0.6) is 0 Å². The van der Waals surface area contributed by atoms with E-state index in [1.165, 1.54) is 5.56 Å². The van der Waals surface area contributed by atoms with Gasteiger partial charge in [0, 0.05) is 11.4 Å². The zero-order valence-electron chi connectivity index (χ0n) is 21.5. The molecule has 1 heterocycles. The molecule has 1 aliphatic heterocycles. The summed E-state index contributed by atoms with van der Waals surface area (Å²) < 4.78 is 29.2. The molecular weight excluding hydrogens is 468 g/mol. The molecule has 36 heavy (non-hydrogen) atoms. The van der Waals surface area contributed by atoms with E-state index in [2.05, 4.69) is 22.2 Å². The van der Waals surface area contributed by atoms with Crippen LogP contribution in [0.4, 0.5) is 11.4 Å². The molecule has 2 aliphatic rings. The Bertz CT molecular complexity index is 1370. The fraction of sp³-hybridized carbons (Fsp3) is 0.400. The molecule has 0 spiro atoms. The summed E-state index contributed by atoms with van der Waals surface area (Å²) in [4.78, 5) is 0.303. The summed E-state index contributed by atoms with van der Waals surface area (Å²) in [7, 11) is -3.69. The predicted molar refractivity (Wildman–Crippen MR) is 146 cm³/mol. The third kappa shape index (κ3) is 4.64. The number of aliphatic hydroxyl groups excluding tert-OH is 1. The minimum absolute atomic E-state index is 0.171. The van der Waals surface area contributed by atoms with Crippen molar-refractivity contribution < 1.29 is 13.5 Å². The van der Waals surface area contributed by atoms with Crippen molar-refractivity contribution in [2.45, 2.75) is 69.9 Å². The summed E-state index contributed by atoms with van der Waals surface area (Å²) in [5.41, 5.74) is 7.04. The molecule has 1 fully saturated rings. The molecule has 4 atom stereocenters. The number of nitrogens with one attached hydrogen (secondary N) is 2. The molecule has 3 N–H and O–H groups in total. The second-order valence-electron chi connectivity index (χ2n) is 10.8. The highest BCUT2D eigenvalue weighted by atomic mass is 32.2. The van der Waals surface area contributed by atoms with E-state index in [4.69, 9.17) is 0 Å². The van der Waals surface area contributed by atoms with Crippen molar-refractivity contribution in [1.29, 1.82) is 0 Å². The van der Waals surface area contributed by atoms with Crippen molar-refractivity contribution in [3.05, 3.63) is 88.5 Å². The highest BCUT2D eigenvalue weighted by molar-refractivity contribution is 7.92. The van der Waals surface area contributed by atoms with Crippen molar-refractivity contribution in [1.82, 2.24) is 0 Å². The highest BCUT2D eigenvalue weighted by Crippen LogP contribution is 2.53. The lowest BCUT2D eigenvalue weighted by Crippen LogP contribution is -2.29. The zero-order chi connectivity index (χ0) is 25.6. The molecule has 0 amide bonds. The number of hydrogen-bond acceptors (Lipinski definition) is 4. The Kier molecular flexibility index (Phi) is 6.60. The van der Waals surface area contributed by atoms with Crippen molar-refractivity contribution >= 4 is 21.4 Å². The van der Waals surface area contributed by atoms with Crippen LogP contribution >= 0.6 is 0 Å². The van der Waals surface area contributed by atoms with Gasteiger partial charge in [-0.25, -0.2) is 8.42 Å². The van der Waals surface area contributed by atoms with Gasteiger partial charge in [0.25, 0.3) is 10.0 Å². The standard InChI is InChI=1S/C30H36N2O3S/c1-18(2)30(33)22-11-9-21(10-12-22)29-26-7-5-6-25(26)27-17-24(14-15-28(27)31-29)36(34,35)32-23-13-8-19(3)20(4)16-23/h8-18,25-26,29-33H,5-7H2,1-4H3/t25?,26-,29+,30?/m1/s1. The fourth-order valence-corrected chi connectivity index (χ4v) is 6.91. The van der Waals surface area contributed by atoms with E-state index in [0.717, 1.165) is 47.2 Å². The first-order chi connectivity index (χ1) is 17.1. The first-order valence-corrected chi connectivity index (χ1v) is 14.4. The lowest BCUT2D eigenvalue weighted by molar-refractivity contribution is 0.127. The lowest BCUT2D eigenvalue weighted by Gasteiger charge is -2.38. The summed E-state index contributed by atoms with van der Waals surface area (Å²) in [6, 6.07) is 19.6. The van der Waals surface area contributed by atoms with Gasteiger partial charge in [0.1, 0.15) is 0 Å². The molecule has 3 aromatic rings. The van der Waals surface area contributed by atoms with Gasteiger partial charge >= 0.3 is 0 Å². The van der Waals surface area contributed by atoms with Gasteiger partial charge in [0.15, 0.2) is 0 Å². The molecular formula is C30H36N2O3S. The molecule has 1 saturated carbocycles. The smallest absolute Gasteiger partial charge is 0.261 e. The summed E-state index contributed by atoms with van der Waals surface area (Å²) in [6.45, 7) is 8.04. The van der Waals surface area contributed by atoms with Crippen molar-refractivity contribution in [3.8, 4) is 0 Å². The molecule has 0 saturated heterocycles. The van der Waals surface area contributed by atoms with Crippen LogP contribution in [0.25, 0.3) is 0 Å². The number of anilines is 2. The maximum Gasteiger partial charge on any atom is 0.261 e. The van der Waals surface area contributed by atoms with Gasteiger partial charge in [-0.15, -0.1) is 0 Å². The van der Waals surface area contributed by atoms with E-state index in [0.29, 0.717) is 22.4 Å². The van der Waals surface area contributed by atoms with Crippen molar-refractivity contribution in [3.63, 3.8) is 0 Å². The van der Waals surface area contributed by atoms with E-state index in [1.807, 2.05) is 70.2 Å². The average Bonchev–Trinajstić information content (AvgIpc) is 3.35. The predicted octanol–water partition coefficient (Wildman–Crippen LogP) is 6.84. The van der Waals surface area contributed by atoms with Crippen LogP contribution in [0.3, 0.4) is 0 Å². The maximum atomic E-state index is 13.2. The largest absolute Gasteiger partial charge is 0.388 e. The quantitative estimate of drug-likeness (QED) is 0.343. The fourth-order valence-electron chi connectivity index (χ4n) is 5.83. The van der Waals surface area contributed by atoms with Crippen LogP contribution in [0.15, 0.2) is 65.6 Å². The van der Waals surface area contributed by atoms with Crippen LogP contribution in [0.2, 0.25) is 0 Å². The Balaban J connectivity index is 1.42. The number of sulfonamides is 1. The number of aliphatic hydroxyl groups is 1. The van der Waals surface area contributed by atoms with Crippen molar-refractivity contribution in [2.75, 3.05) is 10.0 Å². The molecule has 0 radical (unpaired) electrons. The second-order valence-corrected chi connectivity index (χ2v) is 12.5. The number of hydrogen-bond donors (Lipinski definition) is 3. The van der Waals surface area contributed by atoms with Crippen LogP contribution in [0, 0.1) is 25.7 Å². The van der Waals surface area contributed by atoms with E-state index in [9.17, 15) is 13.5 Å². The van der Waals surface area contributed by atoms with Gasteiger partial charge in [-0.3, -0.25) is 4.72 Å². The Labute approximate surface area is 215 Å². The van der Waals surface area contributed by atoms with E-state index < -0.39 is 16.1 Å². The molecule has 0 aromatic heterocycles. The third-order valence-electron chi connectivity index (χ3n) is 8.07.